The topological polar surface area (TPSA) is 38.4 Å². The number of aryl methyl sites for hydroxylation is 1. The first-order valence-electron chi connectivity index (χ1n) is 21.8. The summed E-state index contributed by atoms with van der Waals surface area (Å²) in [7, 11) is -1.81. The summed E-state index contributed by atoms with van der Waals surface area (Å²) in [4.78, 5) is 9.72. The molecule has 0 fully saturated rings. The number of benzene rings is 6. The van der Waals surface area contributed by atoms with E-state index in [9.17, 15) is 0 Å². The predicted molar refractivity (Wildman–Crippen MR) is 246 cm³/mol. The van der Waals surface area contributed by atoms with E-state index in [1.165, 1.54) is 37.4 Å². The minimum atomic E-state index is -2.17. The molecule has 0 bridgehead atoms. The van der Waals surface area contributed by atoms with Crippen LogP contribution in [0.2, 0.25) is 19.6 Å². The number of aliphatic imine (C=N–C) groups is 1. The van der Waals surface area contributed by atoms with E-state index in [1.807, 2.05) is 56.4 Å². The van der Waals surface area contributed by atoms with Crippen LogP contribution < -0.4 is 5.19 Å². The van der Waals surface area contributed by atoms with Gasteiger partial charge in [-0.2, -0.15) is 0 Å². The Balaban J connectivity index is 0.000000177. The fraction of sp³-hybridized carbons (Fsp3) is 0.192. The molecule has 0 saturated carbocycles. The zero-order chi connectivity index (χ0) is 43.8. The van der Waals surface area contributed by atoms with E-state index in [1.54, 1.807) is 18.3 Å². The first kappa shape index (κ1) is 33.9. The van der Waals surface area contributed by atoms with Crippen molar-refractivity contribution >= 4 is 78.1 Å². The smallest absolute Gasteiger partial charge is 0.120 e. The Morgan fingerprint density at radius 1 is 0.810 bits per heavy atom. The molecule has 3 nitrogen and oxygen atoms in total. The molecule has 4 heterocycles. The second-order valence-corrected chi connectivity index (χ2v) is 22.9. The molecule has 1 atom stereocenters. The summed E-state index contributed by atoms with van der Waals surface area (Å²) < 4.78 is 49.0. The zero-order valence-electron chi connectivity index (χ0n) is 38.3. The standard InChI is InChI=1S/C32H18NOS.C20H28NSi.Ir/c1-4-13-26-23(10-1)30(19-16-17-29-25(18-19)21-9-3-6-15-28(21)35-29)31(33-26)24-12-7-11-22-20-8-2-5-14-27(20)34-32(22)24;1-15-8-10-16(11-9-15)18-12-17(13-20(2,3)4)19(14-21-18)22(5,6)7;/h1-11,13-18,30H;8-10,12,14H,13H2,1-7H3;/q2*-1;/i;1D3,13D2;. The second kappa shape index (κ2) is 15.7. The maximum atomic E-state index is 8.79. The van der Waals surface area contributed by atoms with Gasteiger partial charge in [-0.1, -0.05) is 131 Å². The fourth-order valence-electron chi connectivity index (χ4n) is 7.81. The van der Waals surface area contributed by atoms with Crippen LogP contribution in [0, 0.1) is 24.4 Å². The Kier molecular flexibility index (Phi) is 9.16. The molecule has 0 amide bonds. The summed E-state index contributed by atoms with van der Waals surface area (Å²) in [6.45, 7) is 10.1. The van der Waals surface area contributed by atoms with Crippen LogP contribution in [0.3, 0.4) is 0 Å². The van der Waals surface area contributed by atoms with Gasteiger partial charge in [-0.25, -0.2) is 0 Å². The molecule has 0 aliphatic carbocycles. The minimum absolute atomic E-state index is 0. The van der Waals surface area contributed by atoms with Gasteiger partial charge >= 0.3 is 0 Å². The third kappa shape index (κ3) is 7.67. The van der Waals surface area contributed by atoms with Crippen molar-refractivity contribution in [3.8, 4) is 11.3 Å². The van der Waals surface area contributed by atoms with Gasteiger partial charge in [0.05, 0.1) is 19.3 Å². The molecule has 0 saturated heterocycles. The number of rotatable bonds is 5. The van der Waals surface area contributed by atoms with E-state index in [2.05, 4.69) is 122 Å². The molecular weight excluding hydrogens is 921 g/mol. The third-order valence-corrected chi connectivity index (χ3v) is 13.6. The van der Waals surface area contributed by atoms with Crippen LogP contribution in [0.1, 0.15) is 61.4 Å². The number of pyridine rings is 1. The van der Waals surface area contributed by atoms with Gasteiger partial charge in [0.25, 0.3) is 0 Å². The van der Waals surface area contributed by atoms with E-state index < -0.39 is 26.7 Å². The van der Waals surface area contributed by atoms with Gasteiger partial charge < -0.3 is 9.40 Å². The van der Waals surface area contributed by atoms with Crippen molar-refractivity contribution in [2.24, 2.45) is 10.4 Å². The average molecular weight is 972 g/mol. The summed E-state index contributed by atoms with van der Waals surface area (Å²) in [5.41, 5.74) is 8.77. The number of para-hydroxylation sites is 2. The van der Waals surface area contributed by atoms with Crippen LogP contribution in [0.15, 0.2) is 143 Å². The van der Waals surface area contributed by atoms with Crippen molar-refractivity contribution in [3.05, 3.63) is 174 Å². The molecule has 3 aromatic heterocycles. The SMILES string of the molecule is [2H]C([2H])([2H])c1c[c-]c(-c2cc(C([2H])([2H])C(C)(C)C)c([Si](C)(C)C)cn2)cc1.[Ir].[c-]1ccc2c(oc3ccccc32)c1C1=Nc2ccccc2C1c1ccc2sc3ccccc3c2c1. The van der Waals surface area contributed by atoms with E-state index in [0.717, 1.165) is 44.1 Å². The summed E-state index contributed by atoms with van der Waals surface area (Å²) in [5.74, 6) is 0.0179. The quantitative estimate of drug-likeness (QED) is 0.127. The first-order chi connectivity index (χ1) is 29.4. The van der Waals surface area contributed by atoms with Crippen LogP contribution in [-0.4, -0.2) is 18.8 Å². The number of aromatic nitrogens is 1. The summed E-state index contributed by atoms with van der Waals surface area (Å²) in [6, 6.07) is 49.3. The Hall–Kier alpha value is -4.97. The monoisotopic (exact) mass is 972 g/mol. The van der Waals surface area contributed by atoms with Crippen LogP contribution in [-0.2, 0) is 26.5 Å². The van der Waals surface area contributed by atoms with Crippen LogP contribution in [0.25, 0.3) is 53.4 Å². The second-order valence-electron chi connectivity index (χ2n) is 16.8. The van der Waals surface area contributed by atoms with E-state index in [4.69, 9.17) is 16.3 Å². The van der Waals surface area contributed by atoms with Crippen molar-refractivity contribution in [3.63, 3.8) is 0 Å². The number of hydrogen-bond acceptors (Lipinski definition) is 4. The molecule has 1 aliphatic heterocycles. The molecule has 1 unspecified atom stereocenters. The van der Waals surface area contributed by atoms with Crippen molar-refractivity contribution < 1.29 is 31.4 Å². The van der Waals surface area contributed by atoms with Crippen molar-refractivity contribution in [2.45, 2.75) is 59.6 Å². The van der Waals surface area contributed by atoms with Gasteiger partial charge in [-0.15, -0.1) is 64.9 Å². The molecule has 1 aliphatic rings. The van der Waals surface area contributed by atoms with Gasteiger partial charge in [0.2, 0.25) is 0 Å². The van der Waals surface area contributed by atoms with E-state index in [0.29, 0.717) is 16.8 Å². The Labute approximate surface area is 367 Å². The van der Waals surface area contributed by atoms with Gasteiger partial charge in [0, 0.05) is 64.6 Å². The molecule has 10 rings (SSSR count). The Morgan fingerprint density at radius 3 is 2.34 bits per heavy atom. The molecule has 1 radical (unpaired) electrons. The Morgan fingerprint density at radius 2 is 1.57 bits per heavy atom. The molecule has 0 N–H and O–H groups in total. The van der Waals surface area contributed by atoms with Crippen molar-refractivity contribution in [1.29, 1.82) is 0 Å². The molecule has 58 heavy (non-hydrogen) atoms. The molecule has 291 valence electrons. The molecule has 6 aromatic carbocycles. The molecule has 0 spiro atoms. The zero-order valence-corrected chi connectivity index (χ0v) is 37.5. The number of hydrogen-bond donors (Lipinski definition) is 0. The summed E-state index contributed by atoms with van der Waals surface area (Å²) in [5, 5.41) is 5.84. The minimum Gasteiger partial charge on any atom is -0.501 e. The number of fused-ring (bicyclic) bond motifs is 7. The molecule has 6 heteroatoms. The van der Waals surface area contributed by atoms with E-state index >= 15 is 0 Å². The number of thiophene rings is 1. The van der Waals surface area contributed by atoms with Gasteiger partial charge in [-0.3, -0.25) is 4.99 Å². The largest absolute Gasteiger partial charge is 0.501 e. The number of nitrogens with zero attached hydrogens (tertiary/aromatic N) is 2. The normalized spacial score (nSPS) is 15.7. The predicted octanol–water partition coefficient (Wildman–Crippen LogP) is 14.0. The summed E-state index contributed by atoms with van der Waals surface area (Å²) >= 11 is 1.85. The molecule has 9 aromatic rings. The average Bonchev–Trinajstić information content (AvgIpc) is 3.94. The van der Waals surface area contributed by atoms with Crippen molar-refractivity contribution in [1.82, 2.24) is 4.98 Å². The van der Waals surface area contributed by atoms with Crippen LogP contribution in [0.5, 0.6) is 0 Å². The van der Waals surface area contributed by atoms with Crippen molar-refractivity contribution in [2.75, 3.05) is 0 Å². The maximum absolute atomic E-state index is 8.79. The van der Waals surface area contributed by atoms with Gasteiger partial charge in [0.15, 0.2) is 0 Å². The maximum Gasteiger partial charge on any atom is 0.120 e. The van der Waals surface area contributed by atoms with Crippen LogP contribution in [0.4, 0.5) is 5.69 Å². The molecular formula is C52H46IrN2OSSi-2. The van der Waals surface area contributed by atoms with Crippen LogP contribution >= 0.6 is 11.3 Å². The third-order valence-electron chi connectivity index (χ3n) is 10.4. The fourth-order valence-corrected chi connectivity index (χ4v) is 10.3. The van der Waals surface area contributed by atoms with E-state index in [-0.39, 0.29) is 31.6 Å². The van der Waals surface area contributed by atoms with Gasteiger partial charge in [0.1, 0.15) is 5.58 Å². The van der Waals surface area contributed by atoms with Gasteiger partial charge in [-0.05, 0) is 69.8 Å². The Bertz CT molecular complexity index is 3190. The first-order valence-corrected chi connectivity index (χ1v) is 23.7. The summed E-state index contributed by atoms with van der Waals surface area (Å²) in [6.07, 6.45) is 0.269. The number of furan rings is 1.